The lowest BCUT2D eigenvalue weighted by molar-refractivity contribution is -0.385. The summed E-state index contributed by atoms with van der Waals surface area (Å²) in [6.45, 7) is 1.68. The molecule has 0 unspecified atom stereocenters. The maximum Gasteiger partial charge on any atom is 0.282 e. The second-order valence-electron chi connectivity index (χ2n) is 5.65. The monoisotopic (exact) mass is 316 g/mol. The van der Waals surface area contributed by atoms with Crippen molar-refractivity contribution in [3.63, 3.8) is 0 Å². The second-order valence-corrected chi connectivity index (χ2v) is 5.65. The van der Waals surface area contributed by atoms with Gasteiger partial charge in [-0.3, -0.25) is 14.9 Å². The number of nitrogens with one attached hydrogen (secondary N) is 1. The van der Waals surface area contributed by atoms with Gasteiger partial charge in [0, 0.05) is 13.0 Å². The molecule has 120 valence electrons. The van der Waals surface area contributed by atoms with E-state index in [2.05, 4.69) is 15.5 Å². The molecule has 1 aromatic carbocycles. The molecule has 3 rings (SSSR count). The minimum absolute atomic E-state index is 0.0315. The molecule has 1 aromatic heterocycles. The zero-order valence-electron chi connectivity index (χ0n) is 12.6. The van der Waals surface area contributed by atoms with Crippen molar-refractivity contribution in [1.82, 2.24) is 15.5 Å². The number of nitro benzene ring substituents is 1. The van der Waals surface area contributed by atoms with Crippen molar-refractivity contribution in [2.75, 3.05) is 0 Å². The van der Waals surface area contributed by atoms with Gasteiger partial charge in [-0.05, 0) is 18.9 Å². The van der Waals surface area contributed by atoms with Crippen LogP contribution in [0.15, 0.2) is 28.8 Å². The summed E-state index contributed by atoms with van der Waals surface area (Å²) in [5.41, 5.74) is -0.912. The third kappa shape index (κ3) is 2.79. The molecule has 1 fully saturated rings. The molecule has 0 radical (unpaired) electrons. The van der Waals surface area contributed by atoms with Gasteiger partial charge < -0.3 is 9.84 Å². The van der Waals surface area contributed by atoms with Crippen molar-refractivity contribution in [2.45, 2.75) is 38.1 Å². The van der Waals surface area contributed by atoms with Gasteiger partial charge in [-0.25, -0.2) is 0 Å². The van der Waals surface area contributed by atoms with Crippen LogP contribution in [0, 0.1) is 17.0 Å². The fourth-order valence-electron chi connectivity index (χ4n) is 2.99. The Hall–Kier alpha value is -2.77. The van der Waals surface area contributed by atoms with Gasteiger partial charge in [0.05, 0.1) is 4.92 Å². The number of hydrogen-bond acceptors (Lipinski definition) is 6. The first-order valence-corrected chi connectivity index (χ1v) is 7.38. The fourth-order valence-corrected chi connectivity index (χ4v) is 2.99. The second kappa shape index (κ2) is 5.79. The van der Waals surface area contributed by atoms with Crippen LogP contribution < -0.4 is 5.32 Å². The van der Waals surface area contributed by atoms with Gasteiger partial charge in [-0.15, -0.1) is 0 Å². The number of nitro groups is 1. The number of hydrogen-bond donors (Lipinski definition) is 1. The van der Waals surface area contributed by atoms with Crippen molar-refractivity contribution >= 4 is 11.6 Å². The number of para-hydroxylation sites is 1. The average Bonchev–Trinajstić information content (AvgIpc) is 3.17. The van der Waals surface area contributed by atoms with Crippen LogP contribution in [-0.4, -0.2) is 21.0 Å². The van der Waals surface area contributed by atoms with E-state index in [0.717, 1.165) is 12.8 Å². The molecule has 2 aromatic rings. The van der Waals surface area contributed by atoms with Crippen LogP contribution in [0.25, 0.3) is 0 Å². The first-order chi connectivity index (χ1) is 11.0. The summed E-state index contributed by atoms with van der Waals surface area (Å²) < 4.78 is 5.03. The molecule has 1 heterocycles. The van der Waals surface area contributed by atoms with E-state index in [4.69, 9.17) is 4.52 Å². The Labute approximate surface area is 132 Å². The molecule has 1 aliphatic rings. The third-order valence-corrected chi connectivity index (χ3v) is 4.11. The van der Waals surface area contributed by atoms with Crippen LogP contribution in [0.1, 0.15) is 47.8 Å². The number of carbonyl (C=O) groups is 1. The number of aryl methyl sites for hydroxylation is 1. The van der Waals surface area contributed by atoms with Crippen LogP contribution in [0.5, 0.6) is 0 Å². The number of aromatic nitrogens is 2. The summed E-state index contributed by atoms with van der Waals surface area (Å²) in [6, 6.07) is 5.89. The predicted molar refractivity (Wildman–Crippen MR) is 79.7 cm³/mol. The average molecular weight is 316 g/mol. The minimum atomic E-state index is -0.724. The molecule has 1 saturated carbocycles. The molecule has 8 heteroatoms. The molecular formula is C15H16N4O4. The normalized spacial score (nSPS) is 16.2. The highest BCUT2D eigenvalue weighted by atomic mass is 16.6. The number of benzene rings is 1. The first-order valence-electron chi connectivity index (χ1n) is 7.38. The molecule has 1 amide bonds. The smallest absolute Gasteiger partial charge is 0.282 e. The molecule has 0 bridgehead atoms. The Morgan fingerprint density at radius 2 is 2.04 bits per heavy atom. The summed E-state index contributed by atoms with van der Waals surface area (Å²) >= 11 is 0. The highest BCUT2D eigenvalue weighted by Gasteiger charge is 2.42. The Morgan fingerprint density at radius 3 is 2.65 bits per heavy atom. The van der Waals surface area contributed by atoms with Gasteiger partial charge in [0.1, 0.15) is 11.1 Å². The highest BCUT2D eigenvalue weighted by Crippen LogP contribution is 2.37. The maximum atomic E-state index is 12.6. The van der Waals surface area contributed by atoms with Gasteiger partial charge in [-0.2, -0.15) is 4.98 Å². The van der Waals surface area contributed by atoms with Gasteiger partial charge in [-0.1, -0.05) is 30.1 Å². The van der Waals surface area contributed by atoms with Gasteiger partial charge in [0.2, 0.25) is 5.89 Å². The van der Waals surface area contributed by atoms with Crippen molar-refractivity contribution in [3.8, 4) is 0 Å². The molecule has 1 N–H and O–H groups in total. The predicted octanol–water partition coefficient (Wildman–Crippen LogP) is 2.49. The largest absolute Gasteiger partial charge is 0.340 e. The summed E-state index contributed by atoms with van der Waals surface area (Å²) in [5.74, 6) is 0.354. The van der Waals surface area contributed by atoms with Gasteiger partial charge in [0.25, 0.3) is 11.6 Å². The van der Waals surface area contributed by atoms with Crippen LogP contribution in [0.4, 0.5) is 5.69 Å². The minimum Gasteiger partial charge on any atom is -0.340 e. The van der Waals surface area contributed by atoms with E-state index in [9.17, 15) is 14.9 Å². The first kappa shape index (κ1) is 15.1. The summed E-state index contributed by atoms with van der Waals surface area (Å²) in [7, 11) is 0. The fraction of sp³-hybridized carbons (Fsp3) is 0.400. The van der Waals surface area contributed by atoms with Crippen molar-refractivity contribution in [2.24, 2.45) is 0 Å². The third-order valence-electron chi connectivity index (χ3n) is 4.11. The summed E-state index contributed by atoms with van der Waals surface area (Å²) in [5, 5.41) is 17.9. The maximum absolute atomic E-state index is 12.6. The lowest BCUT2D eigenvalue weighted by Crippen LogP contribution is -2.44. The van der Waals surface area contributed by atoms with Crippen molar-refractivity contribution in [1.29, 1.82) is 0 Å². The molecule has 0 aliphatic heterocycles. The molecule has 1 aliphatic carbocycles. The topological polar surface area (TPSA) is 111 Å². The highest BCUT2D eigenvalue weighted by molar-refractivity contribution is 5.98. The Bertz CT molecular complexity index is 749. The molecule has 8 nitrogen and oxygen atoms in total. The van der Waals surface area contributed by atoms with E-state index in [1.807, 2.05) is 0 Å². The number of amides is 1. The lowest BCUT2D eigenvalue weighted by Gasteiger charge is -2.26. The van der Waals surface area contributed by atoms with Crippen LogP contribution >= 0.6 is 0 Å². The van der Waals surface area contributed by atoms with Crippen molar-refractivity contribution < 1.29 is 14.2 Å². The molecule has 23 heavy (non-hydrogen) atoms. The quantitative estimate of drug-likeness (QED) is 0.685. The zero-order valence-corrected chi connectivity index (χ0v) is 12.6. The SMILES string of the molecule is Cc1nc(C2(NC(=O)c3ccccc3[N+](=O)[O-])CCCC2)no1. The van der Waals surface area contributed by atoms with E-state index >= 15 is 0 Å². The molecule has 0 spiro atoms. The zero-order chi connectivity index (χ0) is 16.4. The lowest BCUT2D eigenvalue weighted by atomic mass is 9.95. The molecule has 0 atom stereocenters. The Kier molecular flexibility index (Phi) is 3.81. The van der Waals surface area contributed by atoms with E-state index < -0.39 is 16.4 Å². The Balaban J connectivity index is 1.93. The van der Waals surface area contributed by atoms with Crippen LogP contribution in [-0.2, 0) is 5.54 Å². The number of nitrogens with zero attached hydrogens (tertiary/aromatic N) is 3. The van der Waals surface area contributed by atoms with Crippen LogP contribution in [0.2, 0.25) is 0 Å². The van der Waals surface area contributed by atoms with Crippen LogP contribution in [0.3, 0.4) is 0 Å². The summed E-state index contributed by atoms with van der Waals surface area (Å²) in [4.78, 5) is 27.4. The number of rotatable bonds is 4. The van der Waals surface area contributed by atoms with Crippen molar-refractivity contribution in [3.05, 3.63) is 51.7 Å². The molecular weight excluding hydrogens is 300 g/mol. The van der Waals surface area contributed by atoms with Gasteiger partial charge >= 0.3 is 0 Å². The van der Waals surface area contributed by atoms with E-state index in [-0.39, 0.29) is 11.3 Å². The number of carbonyl (C=O) groups excluding carboxylic acids is 1. The molecule has 0 saturated heterocycles. The standard InChI is InChI=1S/C15H16N4O4/c1-10-16-14(18-23-10)15(8-4-5-9-15)17-13(20)11-6-2-3-7-12(11)19(21)22/h2-3,6-7H,4-5,8-9H2,1H3,(H,17,20). The van der Waals surface area contributed by atoms with Gasteiger partial charge in [0.15, 0.2) is 5.82 Å². The van der Waals surface area contributed by atoms with E-state index in [1.165, 1.54) is 18.2 Å². The Morgan fingerprint density at radius 1 is 1.35 bits per heavy atom. The summed E-state index contributed by atoms with van der Waals surface area (Å²) in [6.07, 6.45) is 3.20. The van der Waals surface area contributed by atoms with E-state index in [0.29, 0.717) is 24.6 Å². The van der Waals surface area contributed by atoms with E-state index in [1.54, 1.807) is 13.0 Å².